The van der Waals surface area contributed by atoms with Crippen molar-refractivity contribution in [1.29, 1.82) is 0 Å². The maximum absolute atomic E-state index is 12.9. The van der Waals surface area contributed by atoms with Gasteiger partial charge < -0.3 is 4.42 Å². The fraction of sp³-hybridized carbons (Fsp3) is 0. The van der Waals surface area contributed by atoms with Crippen molar-refractivity contribution in [2.45, 2.75) is 0 Å². The number of nitrogens with one attached hydrogen (secondary N) is 2. The van der Waals surface area contributed by atoms with E-state index in [9.17, 15) is 14.0 Å². The summed E-state index contributed by atoms with van der Waals surface area (Å²) < 4.78 is 18.4. The number of amides is 2. The molecule has 1 fully saturated rings. The van der Waals surface area contributed by atoms with Gasteiger partial charge in [0.15, 0.2) is 5.11 Å². The van der Waals surface area contributed by atoms with Crippen molar-refractivity contribution in [3.05, 3.63) is 53.5 Å². The molecule has 7 heteroatoms. The maximum atomic E-state index is 12.9. The summed E-state index contributed by atoms with van der Waals surface area (Å²) in [5, 5.41) is 4.64. The van der Waals surface area contributed by atoms with Gasteiger partial charge in [-0.05, 0) is 54.7 Å². The molecule has 2 aromatic rings. The van der Waals surface area contributed by atoms with Crippen LogP contribution in [0.5, 0.6) is 0 Å². The molecule has 0 bridgehead atoms. The fourth-order valence-electron chi connectivity index (χ4n) is 1.95. The van der Waals surface area contributed by atoms with Gasteiger partial charge in [-0.3, -0.25) is 20.2 Å². The molecule has 0 aliphatic carbocycles. The van der Waals surface area contributed by atoms with Crippen molar-refractivity contribution in [2.75, 3.05) is 0 Å². The predicted molar refractivity (Wildman–Crippen MR) is 81.0 cm³/mol. The zero-order valence-corrected chi connectivity index (χ0v) is 11.9. The number of carbonyl (C=O) groups excluding carboxylic acids is 2. The molecule has 0 saturated carbocycles. The third-order valence-electron chi connectivity index (χ3n) is 2.99. The van der Waals surface area contributed by atoms with Gasteiger partial charge in [0.1, 0.15) is 22.9 Å². The zero-order chi connectivity index (χ0) is 15.7. The van der Waals surface area contributed by atoms with Gasteiger partial charge in [0, 0.05) is 5.56 Å². The Kier molecular flexibility index (Phi) is 3.56. The SMILES string of the molecule is O=C1NC(=S)NC(=O)C1=Cc1ccc(-c2ccc(F)cc2)o1. The van der Waals surface area contributed by atoms with Crippen LogP contribution in [-0.2, 0) is 9.59 Å². The quantitative estimate of drug-likeness (QED) is 0.505. The van der Waals surface area contributed by atoms with E-state index in [1.165, 1.54) is 18.2 Å². The van der Waals surface area contributed by atoms with Gasteiger partial charge in [0.05, 0.1) is 0 Å². The summed E-state index contributed by atoms with van der Waals surface area (Å²) in [6.07, 6.45) is 1.32. The van der Waals surface area contributed by atoms with Crippen LogP contribution in [0.1, 0.15) is 5.76 Å². The van der Waals surface area contributed by atoms with Gasteiger partial charge in [-0.15, -0.1) is 0 Å². The Balaban J connectivity index is 1.89. The van der Waals surface area contributed by atoms with Crippen molar-refractivity contribution >= 4 is 35.2 Å². The lowest BCUT2D eigenvalue weighted by Crippen LogP contribution is -2.51. The van der Waals surface area contributed by atoms with Crippen molar-refractivity contribution < 1.29 is 18.4 Å². The Bertz CT molecular complexity index is 786. The minimum absolute atomic E-state index is 0.0291. The summed E-state index contributed by atoms with van der Waals surface area (Å²) in [5.74, 6) is -0.697. The number of benzene rings is 1. The lowest BCUT2D eigenvalue weighted by atomic mass is 10.1. The van der Waals surface area contributed by atoms with Crippen LogP contribution < -0.4 is 10.6 Å². The summed E-state index contributed by atoms with van der Waals surface area (Å²) in [4.78, 5) is 23.4. The molecule has 1 saturated heterocycles. The summed E-state index contributed by atoms with van der Waals surface area (Å²) in [6, 6.07) is 9.06. The molecule has 0 atom stereocenters. The van der Waals surface area contributed by atoms with Gasteiger partial charge in [-0.2, -0.15) is 0 Å². The summed E-state index contributed by atoms with van der Waals surface area (Å²) in [6.45, 7) is 0. The van der Waals surface area contributed by atoms with Crippen LogP contribution in [0.2, 0.25) is 0 Å². The highest BCUT2D eigenvalue weighted by atomic mass is 32.1. The van der Waals surface area contributed by atoms with Crippen LogP contribution in [0.4, 0.5) is 4.39 Å². The monoisotopic (exact) mass is 316 g/mol. The van der Waals surface area contributed by atoms with E-state index in [1.807, 2.05) is 0 Å². The van der Waals surface area contributed by atoms with Crippen LogP contribution in [0.25, 0.3) is 17.4 Å². The molecular weight excluding hydrogens is 307 g/mol. The molecule has 1 aromatic heterocycles. The third-order valence-corrected chi connectivity index (χ3v) is 3.19. The van der Waals surface area contributed by atoms with Crippen molar-refractivity contribution in [3.63, 3.8) is 0 Å². The normalized spacial score (nSPS) is 14.6. The van der Waals surface area contributed by atoms with Crippen LogP contribution in [0.15, 0.2) is 46.4 Å². The minimum Gasteiger partial charge on any atom is -0.457 e. The third kappa shape index (κ3) is 2.79. The first-order valence-electron chi connectivity index (χ1n) is 6.27. The second-order valence-electron chi connectivity index (χ2n) is 4.50. The topological polar surface area (TPSA) is 71.3 Å². The summed E-state index contributed by atoms with van der Waals surface area (Å²) in [5.41, 5.74) is 0.582. The second kappa shape index (κ2) is 5.53. The molecular formula is C15H9FN2O3S. The van der Waals surface area contributed by atoms with Crippen LogP contribution >= 0.6 is 12.2 Å². The molecule has 2 N–H and O–H groups in total. The van der Waals surface area contributed by atoms with E-state index in [-0.39, 0.29) is 16.5 Å². The smallest absolute Gasteiger partial charge is 0.263 e. The lowest BCUT2D eigenvalue weighted by Gasteiger charge is -2.15. The first-order chi connectivity index (χ1) is 10.5. The number of rotatable bonds is 2. The molecule has 0 spiro atoms. The highest BCUT2D eigenvalue weighted by Crippen LogP contribution is 2.23. The lowest BCUT2D eigenvalue weighted by molar-refractivity contribution is -0.123. The van der Waals surface area contributed by atoms with Crippen molar-refractivity contribution in [2.24, 2.45) is 0 Å². The van der Waals surface area contributed by atoms with Gasteiger partial charge >= 0.3 is 0 Å². The van der Waals surface area contributed by atoms with E-state index in [0.29, 0.717) is 17.1 Å². The minimum atomic E-state index is -0.589. The highest BCUT2D eigenvalue weighted by Gasteiger charge is 2.26. The number of halogens is 1. The average Bonchev–Trinajstić information content (AvgIpc) is 2.92. The maximum Gasteiger partial charge on any atom is 0.263 e. The Labute approximate surface area is 129 Å². The highest BCUT2D eigenvalue weighted by molar-refractivity contribution is 7.80. The van der Waals surface area contributed by atoms with Crippen LogP contribution in [-0.4, -0.2) is 16.9 Å². The van der Waals surface area contributed by atoms with Gasteiger partial charge in [-0.1, -0.05) is 0 Å². The Morgan fingerprint density at radius 1 is 1.00 bits per heavy atom. The molecule has 3 rings (SSSR count). The van der Waals surface area contributed by atoms with Gasteiger partial charge in [0.2, 0.25) is 0 Å². The molecule has 1 aliphatic heterocycles. The van der Waals surface area contributed by atoms with Crippen LogP contribution in [0, 0.1) is 5.82 Å². The van der Waals surface area contributed by atoms with E-state index >= 15 is 0 Å². The first kappa shape index (κ1) is 14.2. The van der Waals surface area contributed by atoms with E-state index in [1.54, 1.807) is 24.3 Å². The van der Waals surface area contributed by atoms with E-state index in [2.05, 4.69) is 10.6 Å². The molecule has 110 valence electrons. The van der Waals surface area contributed by atoms with Crippen molar-refractivity contribution in [1.82, 2.24) is 10.6 Å². The molecule has 5 nitrogen and oxygen atoms in total. The van der Waals surface area contributed by atoms with Gasteiger partial charge in [-0.25, -0.2) is 4.39 Å². The molecule has 0 radical (unpaired) electrons. The largest absolute Gasteiger partial charge is 0.457 e. The average molecular weight is 316 g/mol. The number of furan rings is 1. The zero-order valence-electron chi connectivity index (χ0n) is 11.1. The Morgan fingerprint density at radius 2 is 1.64 bits per heavy atom. The summed E-state index contributed by atoms with van der Waals surface area (Å²) in [7, 11) is 0. The molecule has 1 aliphatic rings. The standard InChI is InChI=1S/C15H9FN2O3S/c16-9-3-1-8(2-4-9)12-6-5-10(21-12)7-11-13(19)17-15(22)18-14(11)20/h1-7H,(H2,17,18,19,20,22). The van der Waals surface area contributed by atoms with E-state index < -0.39 is 11.8 Å². The van der Waals surface area contributed by atoms with E-state index in [4.69, 9.17) is 16.6 Å². The van der Waals surface area contributed by atoms with Gasteiger partial charge in [0.25, 0.3) is 11.8 Å². The van der Waals surface area contributed by atoms with E-state index in [0.717, 1.165) is 0 Å². The Hall–Kier alpha value is -2.80. The number of carbonyl (C=O) groups is 2. The number of hydrogen-bond acceptors (Lipinski definition) is 4. The number of hydrogen-bond donors (Lipinski definition) is 2. The molecule has 0 unspecified atom stereocenters. The molecule has 1 aromatic carbocycles. The fourth-order valence-corrected chi connectivity index (χ4v) is 2.13. The number of thiocarbonyl (C=S) groups is 1. The summed E-state index contributed by atoms with van der Waals surface area (Å²) >= 11 is 4.71. The molecule has 2 amide bonds. The first-order valence-corrected chi connectivity index (χ1v) is 6.68. The molecule has 22 heavy (non-hydrogen) atoms. The molecule has 2 heterocycles. The second-order valence-corrected chi connectivity index (χ2v) is 4.91. The predicted octanol–water partition coefficient (Wildman–Crippen LogP) is 2.00. The van der Waals surface area contributed by atoms with Crippen LogP contribution in [0.3, 0.4) is 0 Å². The van der Waals surface area contributed by atoms with Crippen molar-refractivity contribution in [3.8, 4) is 11.3 Å². The Morgan fingerprint density at radius 3 is 2.27 bits per heavy atom.